The molecule has 0 heterocycles. The largest absolute Gasteiger partial charge is 0.326 e. The summed E-state index contributed by atoms with van der Waals surface area (Å²) in [6.45, 7) is 2.12. The second kappa shape index (κ2) is 6.36. The van der Waals surface area contributed by atoms with E-state index in [1.54, 1.807) is 30.3 Å². The lowest BCUT2D eigenvalue weighted by Gasteiger charge is -2.12. The van der Waals surface area contributed by atoms with Gasteiger partial charge in [0.05, 0.1) is 10.6 Å². The van der Waals surface area contributed by atoms with Crippen molar-refractivity contribution in [1.82, 2.24) is 0 Å². The van der Waals surface area contributed by atoms with Gasteiger partial charge in [0.2, 0.25) is 0 Å². The zero-order chi connectivity index (χ0) is 15.6. The van der Waals surface area contributed by atoms with Crippen molar-refractivity contribution in [3.05, 3.63) is 57.0 Å². The molecule has 0 aliphatic rings. The summed E-state index contributed by atoms with van der Waals surface area (Å²) in [4.78, 5) is 0.161. The van der Waals surface area contributed by atoms with Crippen molar-refractivity contribution in [3.8, 4) is 0 Å². The Balaban J connectivity index is 2.39. The first-order valence-corrected chi connectivity index (χ1v) is 8.76. The Morgan fingerprint density at radius 3 is 2.67 bits per heavy atom. The highest BCUT2D eigenvalue weighted by atomic mass is 79.9. The average Bonchev–Trinajstić information content (AvgIpc) is 2.44. The fourth-order valence-electron chi connectivity index (χ4n) is 1.77. The molecule has 2 rings (SSSR count). The first-order chi connectivity index (χ1) is 9.83. The number of hydrogen-bond donors (Lipinski definition) is 2. The second-order valence-electron chi connectivity index (χ2n) is 4.54. The van der Waals surface area contributed by atoms with Gasteiger partial charge in [-0.25, -0.2) is 8.42 Å². The van der Waals surface area contributed by atoms with E-state index in [2.05, 4.69) is 20.7 Å². The Morgan fingerprint density at radius 1 is 1.29 bits per heavy atom. The molecular weight excluding hydrogens is 376 g/mol. The molecule has 0 aliphatic carbocycles. The summed E-state index contributed by atoms with van der Waals surface area (Å²) in [6, 6.07) is 9.84. The molecule has 0 bridgehead atoms. The van der Waals surface area contributed by atoms with Gasteiger partial charge < -0.3 is 5.73 Å². The highest BCUT2D eigenvalue weighted by molar-refractivity contribution is 9.10. The summed E-state index contributed by atoms with van der Waals surface area (Å²) < 4.78 is 28.0. The smallest absolute Gasteiger partial charge is 0.261 e. The number of aryl methyl sites for hydroxylation is 1. The standard InChI is InChI=1S/C14H14BrClN2O2S/c1-9-5-12(15)14(7-13(9)16)18-21(19,20)11-4-2-3-10(6-11)8-17/h2-7,18H,8,17H2,1H3. The number of nitrogens with one attached hydrogen (secondary N) is 1. The van der Waals surface area contributed by atoms with Crippen LogP contribution in [0, 0.1) is 6.92 Å². The predicted octanol–water partition coefficient (Wildman–Crippen LogP) is 3.67. The SMILES string of the molecule is Cc1cc(Br)c(NS(=O)(=O)c2cccc(CN)c2)cc1Cl. The highest BCUT2D eigenvalue weighted by Crippen LogP contribution is 2.30. The lowest BCUT2D eigenvalue weighted by Crippen LogP contribution is -2.14. The minimum absolute atomic E-state index is 0.161. The van der Waals surface area contributed by atoms with Crippen molar-refractivity contribution in [3.63, 3.8) is 0 Å². The van der Waals surface area contributed by atoms with E-state index in [9.17, 15) is 8.42 Å². The van der Waals surface area contributed by atoms with E-state index in [0.29, 0.717) is 15.2 Å². The molecule has 3 N–H and O–H groups in total. The Hall–Kier alpha value is -1.08. The van der Waals surface area contributed by atoms with E-state index in [4.69, 9.17) is 17.3 Å². The molecule has 0 aliphatic heterocycles. The van der Waals surface area contributed by atoms with E-state index >= 15 is 0 Å². The number of rotatable bonds is 4. The van der Waals surface area contributed by atoms with E-state index < -0.39 is 10.0 Å². The zero-order valence-corrected chi connectivity index (χ0v) is 14.4. The van der Waals surface area contributed by atoms with Crippen LogP contribution in [0.2, 0.25) is 5.02 Å². The van der Waals surface area contributed by atoms with Gasteiger partial charge in [0.15, 0.2) is 0 Å². The number of nitrogens with two attached hydrogens (primary N) is 1. The molecular formula is C14H14BrClN2O2S. The second-order valence-corrected chi connectivity index (χ2v) is 7.48. The van der Waals surface area contributed by atoms with Crippen LogP contribution >= 0.6 is 27.5 Å². The van der Waals surface area contributed by atoms with Crippen molar-refractivity contribution >= 4 is 43.2 Å². The highest BCUT2D eigenvalue weighted by Gasteiger charge is 2.16. The molecule has 2 aromatic carbocycles. The van der Waals surface area contributed by atoms with Gasteiger partial charge in [-0.15, -0.1) is 0 Å². The van der Waals surface area contributed by atoms with E-state index in [1.165, 1.54) is 6.07 Å². The topological polar surface area (TPSA) is 72.2 Å². The van der Waals surface area contributed by atoms with Crippen LogP contribution in [0.15, 0.2) is 45.8 Å². The first-order valence-electron chi connectivity index (χ1n) is 6.11. The number of anilines is 1. The van der Waals surface area contributed by atoms with Gasteiger partial charge in [-0.1, -0.05) is 23.7 Å². The Morgan fingerprint density at radius 2 is 2.00 bits per heavy atom. The number of halogens is 2. The molecule has 0 aromatic heterocycles. The van der Waals surface area contributed by atoms with Gasteiger partial charge in [-0.3, -0.25) is 4.72 Å². The molecule has 0 radical (unpaired) electrons. The summed E-state index contributed by atoms with van der Waals surface area (Å²) in [5.74, 6) is 0. The third-order valence-electron chi connectivity index (χ3n) is 2.94. The van der Waals surface area contributed by atoms with Crippen molar-refractivity contribution in [1.29, 1.82) is 0 Å². The molecule has 0 saturated heterocycles. The van der Waals surface area contributed by atoms with Crippen LogP contribution < -0.4 is 10.5 Å². The van der Waals surface area contributed by atoms with E-state index in [-0.39, 0.29) is 11.4 Å². The summed E-state index contributed by atoms with van der Waals surface area (Å²) in [6.07, 6.45) is 0. The van der Waals surface area contributed by atoms with Crippen LogP contribution in [0.25, 0.3) is 0 Å². The molecule has 21 heavy (non-hydrogen) atoms. The normalized spacial score (nSPS) is 11.4. The van der Waals surface area contributed by atoms with Gasteiger partial charge in [0.1, 0.15) is 0 Å². The summed E-state index contributed by atoms with van der Waals surface area (Å²) in [5.41, 5.74) is 7.53. The van der Waals surface area contributed by atoms with Crippen molar-refractivity contribution < 1.29 is 8.42 Å². The quantitative estimate of drug-likeness (QED) is 0.838. The Labute approximate surface area is 137 Å². The monoisotopic (exact) mass is 388 g/mol. The van der Waals surface area contributed by atoms with Crippen LogP contribution in [0.5, 0.6) is 0 Å². The molecule has 0 unspecified atom stereocenters. The Kier molecular flexibility index (Phi) is 4.93. The summed E-state index contributed by atoms with van der Waals surface area (Å²) in [7, 11) is -3.69. The fourth-order valence-corrected chi connectivity index (χ4v) is 3.76. The number of hydrogen-bond acceptors (Lipinski definition) is 3. The van der Waals surface area contributed by atoms with E-state index in [0.717, 1.165) is 11.1 Å². The predicted molar refractivity (Wildman–Crippen MR) is 89.0 cm³/mol. The lowest BCUT2D eigenvalue weighted by molar-refractivity contribution is 0.601. The van der Waals surface area contributed by atoms with Crippen molar-refractivity contribution in [2.45, 2.75) is 18.4 Å². The van der Waals surface area contributed by atoms with Crippen LogP contribution in [-0.2, 0) is 16.6 Å². The number of sulfonamides is 1. The van der Waals surface area contributed by atoms with Gasteiger partial charge in [-0.05, 0) is 58.2 Å². The first kappa shape index (κ1) is 16.3. The third-order valence-corrected chi connectivity index (χ3v) is 5.36. The summed E-state index contributed by atoms with van der Waals surface area (Å²) >= 11 is 9.37. The number of benzene rings is 2. The van der Waals surface area contributed by atoms with Gasteiger partial charge in [0, 0.05) is 16.0 Å². The maximum atomic E-state index is 12.4. The molecule has 0 atom stereocenters. The maximum Gasteiger partial charge on any atom is 0.261 e. The third kappa shape index (κ3) is 3.77. The van der Waals surface area contributed by atoms with Crippen molar-refractivity contribution in [2.75, 3.05) is 4.72 Å². The fraction of sp³-hybridized carbons (Fsp3) is 0.143. The molecule has 0 saturated carbocycles. The Bertz CT molecular complexity index is 779. The lowest BCUT2D eigenvalue weighted by atomic mass is 10.2. The maximum absolute atomic E-state index is 12.4. The molecule has 0 spiro atoms. The van der Waals surface area contributed by atoms with Crippen LogP contribution in [-0.4, -0.2) is 8.42 Å². The van der Waals surface area contributed by atoms with Crippen LogP contribution in [0.1, 0.15) is 11.1 Å². The summed E-state index contributed by atoms with van der Waals surface area (Å²) in [5, 5.41) is 0.492. The zero-order valence-electron chi connectivity index (χ0n) is 11.2. The van der Waals surface area contributed by atoms with Gasteiger partial charge >= 0.3 is 0 Å². The molecule has 112 valence electrons. The molecule has 0 fully saturated rings. The molecule has 7 heteroatoms. The molecule has 4 nitrogen and oxygen atoms in total. The average molecular weight is 390 g/mol. The molecule has 2 aromatic rings. The van der Waals surface area contributed by atoms with Gasteiger partial charge in [-0.2, -0.15) is 0 Å². The van der Waals surface area contributed by atoms with Gasteiger partial charge in [0.25, 0.3) is 10.0 Å². The van der Waals surface area contributed by atoms with Crippen LogP contribution in [0.4, 0.5) is 5.69 Å². The van der Waals surface area contributed by atoms with Crippen LogP contribution in [0.3, 0.4) is 0 Å². The minimum atomic E-state index is -3.69. The molecule has 0 amide bonds. The van der Waals surface area contributed by atoms with E-state index in [1.807, 2.05) is 6.92 Å². The minimum Gasteiger partial charge on any atom is -0.326 e. The van der Waals surface area contributed by atoms with Crippen molar-refractivity contribution in [2.24, 2.45) is 5.73 Å².